The predicted molar refractivity (Wildman–Crippen MR) is 57.3 cm³/mol. The lowest BCUT2D eigenvalue weighted by atomic mass is 10.2. The molecule has 0 aromatic heterocycles. The van der Waals surface area contributed by atoms with E-state index >= 15 is 0 Å². The van der Waals surface area contributed by atoms with Crippen LogP contribution >= 0.6 is 0 Å². The molecule has 86 valence electrons. The highest BCUT2D eigenvalue weighted by molar-refractivity contribution is 5.95. The molecule has 1 amide bonds. The second kappa shape index (κ2) is 5.16. The van der Waals surface area contributed by atoms with Gasteiger partial charge in [-0.15, -0.1) is 0 Å². The van der Waals surface area contributed by atoms with Gasteiger partial charge in [0, 0.05) is 0 Å². The van der Waals surface area contributed by atoms with Crippen LogP contribution in [0, 0.1) is 5.92 Å². The summed E-state index contributed by atoms with van der Waals surface area (Å²) < 4.78 is 5.24. The molecule has 0 saturated carbocycles. The van der Waals surface area contributed by atoms with Gasteiger partial charge in [0.15, 0.2) is 0 Å². The number of carbonyl (C=O) groups excluding carboxylic acids is 1. The van der Waals surface area contributed by atoms with E-state index < -0.39 is 17.8 Å². The van der Waals surface area contributed by atoms with Crippen LogP contribution in [0.5, 0.6) is 5.75 Å². The maximum absolute atomic E-state index is 11.0. The van der Waals surface area contributed by atoms with E-state index in [1.54, 1.807) is 18.2 Å². The van der Waals surface area contributed by atoms with Crippen molar-refractivity contribution in [3.8, 4) is 5.75 Å². The maximum Gasteiger partial charge on any atom is 0.309 e. The summed E-state index contributed by atoms with van der Waals surface area (Å²) in [6, 6.07) is 6.46. The Labute approximate surface area is 92.8 Å². The van der Waals surface area contributed by atoms with Crippen molar-refractivity contribution >= 4 is 11.9 Å². The smallest absolute Gasteiger partial charge is 0.309 e. The molecule has 0 radical (unpaired) electrons. The summed E-state index contributed by atoms with van der Waals surface area (Å²) in [5.41, 5.74) is 5.40. The van der Waals surface area contributed by atoms with Crippen LogP contribution in [0.2, 0.25) is 0 Å². The van der Waals surface area contributed by atoms with Crippen LogP contribution in [0.25, 0.3) is 0 Å². The highest BCUT2D eigenvalue weighted by Crippen LogP contribution is 2.17. The molecule has 1 aromatic carbocycles. The summed E-state index contributed by atoms with van der Waals surface area (Å²) in [4.78, 5) is 21.6. The van der Waals surface area contributed by atoms with Crippen LogP contribution in [0.3, 0.4) is 0 Å². The molecule has 1 aromatic rings. The summed E-state index contributed by atoms with van der Waals surface area (Å²) in [6.45, 7) is 1.52. The minimum Gasteiger partial charge on any atom is -0.492 e. The number of para-hydroxylation sites is 1. The number of carbonyl (C=O) groups is 2. The van der Waals surface area contributed by atoms with E-state index in [2.05, 4.69) is 0 Å². The highest BCUT2D eigenvalue weighted by Gasteiger charge is 2.14. The molecule has 1 rings (SSSR count). The zero-order valence-corrected chi connectivity index (χ0v) is 8.84. The van der Waals surface area contributed by atoms with Gasteiger partial charge >= 0.3 is 5.97 Å². The van der Waals surface area contributed by atoms with E-state index in [0.29, 0.717) is 5.75 Å². The van der Waals surface area contributed by atoms with E-state index in [1.165, 1.54) is 13.0 Å². The largest absolute Gasteiger partial charge is 0.492 e. The van der Waals surface area contributed by atoms with Gasteiger partial charge in [-0.25, -0.2) is 0 Å². The zero-order valence-electron chi connectivity index (χ0n) is 8.84. The number of primary amides is 1. The van der Waals surface area contributed by atoms with E-state index in [9.17, 15) is 9.59 Å². The topological polar surface area (TPSA) is 89.6 Å². The summed E-state index contributed by atoms with van der Waals surface area (Å²) in [6.07, 6.45) is 0. The van der Waals surface area contributed by atoms with Gasteiger partial charge in [-0.05, 0) is 19.1 Å². The van der Waals surface area contributed by atoms with Gasteiger partial charge in [0.2, 0.25) is 0 Å². The molecular formula is C11H13NO4. The molecule has 1 unspecified atom stereocenters. The van der Waals surface area contributed by atoms with Crippen LogP contribution in [-0.4, -0.2) is 23.6 Å². The normalized spacial score (nSPS) is 11.8. The average molecular weight is 223 g/mol. The average Bonchev–Trinajstić information content (AvgIpc) is 2.25. The number of nitrogens with two attached hydrogens (primary N) is 1. The maximum atomic E-state index is 11.0. The van der Waals surface area contributed by atoms with Crippen molar-refractivity contribution in [3.63, 3.8) is 0 Å². The van der Waals surface area contributed by atoms with Crippen LogP contribution in [0.4, 0.5) is 0 Å². The van der Waals surface area contributed by atoms with Gasteiger partial charge in [0.05, 0.1) is 11.5 Å². The Morgan fingerprint density at radius 2 is 2.06 bits per heavy atom. The number of ether oxygens (including phenoxy) is 1. The van der Waals surface area contributed by atoms with Crippen molar-refractivity contribution in [2.24, 2.45) is 11.7 Å². The second-order valence-electron chi connectivity index (χ2n) is 3.41. The van der Waals surface area contributed by atoms with Gasteiger partial charge in [-0.1, -0.05) is 12.1 Å². The van der Waals surface area contributed by atoms with Crippen molar-refractivity contribution in [1.29, 1.82) is 0 Å². The summed E-state index contributed by atoms with van der Waals surface area (Å²) in [5, 5.41) is 8.67. The number of hydrogen-bond donors (Lipinski definition) is 2. The lowest BCUT2D eigenvalue weighted by Gasteiger charge is -2.11. The Morgan fingerprint density at radius 3 is 2.62 bits per heavy atom. The van der Waals surface area contributed by atoms with Crippen molar-refractivity contribution in [2.45, 2.75) is 6.92 Å². The van der Waals surface area contributed by atoms with Crippen LogP contribution < -0.4 is 10.5 Å². The number of benzene rings is 1. The lowest BCUT2D eigenvalue weighted by Crippen LogP contribution is -2.19. The first-order valence-corrected chi connectivity index (χ1v) is 4.76. The van der Waals surface area contributed by atoms with Crippen molar-refractivity contribution < 1.29 is 19.4 Å². The number of aliphatic carboxylic acids is 1. The van der Waals surface area contributed by atoms with Crippen molar-refractivity contribution in [2.75, 3.05) is 6.61 Å². The molecule has 3 N–H and O–H groups in total. The molecule has 0 fully saturated rings. The van der Waals surface area contributed by atoms with E-state index in [-0.39, 0.29) is 12.2 Å². The van der Waals surface area contributed by atoms with Gasteiger partial charge in [-0.3, -0.25) is 9.59 Å². The molecule has 5 nitrogen and oxygen atoms in total. The molecule has 0 aliphatic heterocycles. The summed E-state index contributed by atoms with van der Waals surface area (Å²) >= 11 is 0. The molecule has 0 heterocycles. The Balaban J connectivity index is 2.74. The quantitative estimate of drug-likeness (QED) is 0.775. The third-order valence-corrected chi connectivity index (χ3v) is 2.06. The Hall–Kier alpha value is -2.04. The molecule has 16 heavy (non-hydrogen) atoms. The summed E-state index contributed by atoms with van der Waals surface area (Å²) in [7, 11) is 0. The second-order valence-corrected chi connectivity index (χ2v) is 3.41. The number of hydrogen-bond acceptors (Lipinski definition) is 3. The molecule has 0 aliphatic carbocycles. The Morgan fingerprint density at radius 1 is 1.44 bits per heavy atom. The Kier molecular flexibility index (Phi) is 3.88. The van der Waals surface area contributed by atoms with Crippen LogP contribution in [0.1, 0.15) is 17.3 Å². The first-order chi connectivity index (χ1) is 7.52. The van der Waals surface area contributed by atoms with Crippen molar-refractivity contribution in [3.05, 3.63) is 29.8 Å². The van der Waals surface area contributed by atoms with Gasteiger partial charge in [-0.2, -0.15) is 0 Å². The predicted octanol–water partition coefficient (Wildman–Crippen LogP) is 0.885. The summed E-state index contributed by atoms with van der Waals surface area (Å²) in [5.74, 6) is -1.88. The fourth-order valence-electron chi connectivity index (χ4n) is 1.08. The first-order valence-electron chi connectivity index (χ1n) is 4.76. The molecule has 0 aliphatic rings. The van der Waals surface area contributed by atoms with E-state index in [0.717, 1.165) is 0 Å². The number of amides is 1. The highest BCUT2D eigenvalue weighted by atomic mass is 16.5. The minimum absolute atomic E-state index is 0.000370. The first kappa shape index (κ1) is 12.0. The van der Waals surface area contributed by atoms with Gasteiger partial charge in [0.25, 0.3) is 5.91 Å². The molecule has 0 spiro atoms. The number of rotatable bonds is 5. The van der Waals surface area contributed by atoms with Gasteiger partial charge < -0.3 is 15.6 Å². The molecule has 5 heteroatoms. The fraction of sp³-hybridized carbons (Fsp3) is 0.273. The van der Waals surface area contributed by atoms with Crippen LogP contribution in [-0.2, 0) is 4.79 Å². The Bertz CT molecular complexity index is 403. The zero-order chi connectivity index (χ0) is 12.1. The third kappa shape index (κ3) is 2.98. The molecule has 1 atom stereocenters. The van der Waals surface area contributed by atoms with Gasteiger partial charge in [0.1, 0.15) is 12.4 Å². The fourth-order valence-corrected chi connectivity index (χ4v) is 1.08. The molecule has 0 bridgehead atoms. The standard InChI is InChI=1S/C11H13NO4/c1-7(11(14)15)6-16-9-5-3-2-4-8(9)10(12)13/h2-5,7H,6H2,1H3,(H2,12,13)(H,14,15). The lowest BCUT2D eigenvalue weighted by molar-refractivity contribution is -0.142. The van der Waals surface area contributed by atoms with E-state index in [4.69, 9.17) is 15.6 Å². The third-order valence-electron chi connectivity index (χ3n) is 2.06. The van der Waals surface area contributed by atoms with Crippen molar-refractivity contribution in [1.82, 2.24) is 0 Å². The van der Waals surface area contributed by atoms with E-state index in [1.807, 2.05) is 0 Å². The molecule has 0 saturated heterocycles. The number of carboxylic acids is 1. The minimum atomic E-state index is -0.948. The molecular weight excluding hydrogens is 210 g/mol. The monoisotopic (exact) mass is 223 g/mol. The van der Waals surface area contributed by atoms with Crippen LogP contribution in [0.15, 0.2) is 24.3 Å². The number of carboxylic acid groups (broad SMARTS) is 1. The SMILES string of the molecule is CC(COc1ccccc1C(N)=O)C(=O)O.